The molecule has 1 aliphatic carbocycles. The molecule has 0 radical (unpaired) electrons. The van der Waals surface area contributed by atoms with Crippen molar-refractivity contribution in [3.8, 4) is 0 Å². The van der Waals surface area contributed by atoms with Gasteiger partial charge in [0.2, 0.25) is 0 Å². The maximum absolute atomic E-state index is 12.7. The number of pyridine rings is 1. The number of rotatable bonds is 3. The minimum Gasteiger partial charge on any atom is -0.389 e. The minimum absolute atomic E-state index is 0.0433. The summed E-state index contributed by atoms with van der Waals surface area (Å²) >= 11 is 4.84. The fourth-order valence-corrected chi connectivity index (χ4v) is 2.35. The highest BCUT2D eigenvalue weighted by molar-refractivity contribution is 7.80. The number of alkyl halides is 3. The van der Waals surface area contributed by atoms with Crippen LogP contribution in [0.5, 0.6) is 0 Å². The zero-order valence-electron chi connectivity index (χ0n) is 10.1. The van der Waals surface area contributed by atoms with Gasteiger partial charge in [-0.3, -0.25) is 0 Å². The summed E-state index contributed by atoms with van der Waals surface area (Å²) in [6.45, 7) is 0. The Kier molecular flexibility index (Phi) is 3.93. The van der Waals surface area contributed by atoms with Crippen molar-refractivity contribution in [1.29, 1.82) is 0 Å². The lowest BCUT2D eigenvalue weighted by Crippen LogP contribution is -2.22. The predicted octanol–water partition coefficient (Wildman–Crippen LogP) is 3.09. The molecule has 0 aromatic carbocycles. The molecule has 0 atom stereocenters. The second kappa shape index (κ2) is 5.32. The largest absolute Gasteiger partial charge is 0.433 e. The number of anilines is 1. The molecule has 1 heterocycles. The van der Waals surface area contributed by atoms with Crippen LogP contribution in [0.3, 0.4) is 0 Å². The van der Waals surface area contributed by atoms with Crippen LogP contribution >= 0.6 is 12.2 Å². The Balaban J connectivity index is 2.32. The van der Waals surface area contributed by atoms with E-state index in [0.29, 0.717) is 5.56 Å². The van der Waals surface area contributed by atoms with Crippen LogP contribution in [0.2, 0.25) is 0 Å². The van der Waals surface area contributed by atoms with Gasteiger partial charge < -0.3 is 11.1 Å². The quantitative estimate of drug-likeness (QED) is 0.840. The Bertz CT molecular complexity index is 482. The molecule has 0 bridgehead atoms. The van der Waals surface area contributed by atoms with E-state index in [1.165, 1.54) is 6.07 Å². The number of nitrogens with one attached hydrogen (secondary N) is 1. The van der Waals surface area contributed by atoms with Crippen LogP contribution in [0.1, 0.15) is 36.9 Å². The first-order valence-electron chi connectivity index (χ1n) is 6.02. The number of aromatic nitrogens is 1. The maximum Gasteiger partial charge on any atom is 0.433 e. The standard InChI is InChI=1S/C12H14F3N3S/c13-12(14,15)9-6-5-8(10(16)19)11(18-9)17-7-3-1-2-4-7/h5-7H,1-4H2,(H2,16,19)(H,17,18). The highest BCUT2D eigenvalue weighted by Gasteiger charge is 2.33. The molecule has 1 saturated carbocycles. The molecule has 1 aliphatic rings. The predicted molar refractivity (Wildman–Crippen MR) is 71.0 cm³/mol. The Morgan fingerprint density at radius 2 is 1.95 bits per heavy atom. The van der Waals surface area contributed by atoms with Crippen molar-refractivity contribution in [2.75, 3.05) is 5.32 Å². The minimum atomic E-state index is -4.47. The molecule has 2 rings (SSSR count). The van der Waals surface area contributed by atoms with Crippen LogP contribution < -0.4 is 11.1 Å². The molecule has 0 unspecified atom stereocenters. The van der Waals surface area contributed by atoms with Crippen LogP contribution in [0.25, 0.3) is 0 Å². The summed E-state index contributed by atoms with van der Waals surface area (Å²) in [5.41, 5.74) is 4.94. The van der Waals surface area contributed by atoms with Crippen LogP contribution in [0.15, 0.2) is 12.1 Å². The Labute approximate surface area is 114 Å². The second-order valence-corrected chi connectivity index (χ2v) is 5.02. The van der Waals surface area contributed by atoms with Gasteiger partial charge in [-0.25, -0.2) is 4.98 Å². The van der Waals surface area contributed by atoms with Gasteiger partial charge in [-0.05, 0) is 25.0 Å². The Hall–Kier alpha value is -1.37. The summed E-state index contributed by atoms with van der Waals surface area (Å²) in [6.07, 6.45) is -0.484. The molecule has 104 valence electrons. The van der Waals surface area contributed by atoms with E-state index in [1.54, 1.807) is 0 Å². The molecule has 1 aromatic rings. The molecule has 1 aromatic heterocycles. The van der Waals surface area contributed by atoms with E-state index in [4.69, 9.17) is 18.0 Å². The zero-order valence-corrected chi connectivity index (χ0v) is 10.9. The van der Waals surface area contributed by atoms with Crippen LogP contribution in [0, 0.1) is 0 Å². The summed E-state index contributed by atoms with van der Waals surface area (Å²) in [5, 5.41) is 3.02. The number of nitrogens with zero attached hydrogens (tertiary/aromatic N) is 1. The zero-order chi connectivity index (χ0) is 14.0. The lowest BCUT2D eigenvalue weighted by molar-refractivity contribution is -0.141. The maximum atomic E-state index is 12.7. The van der Waals surface area contributed by atoms with Gasteiger partial charge in [0.1, 0.15) is 16.5 Å². The average molecular weight is 289 g/mol. The Morgan fingerprint density at radius 1 is 1.32 bits per heavy atom. The molecule has 0 saturated heterocycles. The van der Waals surface area contributed by atoms with Gasteiger partial charge >= 0.3 is 6.18 Å². The fraction of sp³-hybridized carbons (Fsp3) is 0.500. The summed E-state index contributed by atoms with van der Waals surface area (Å²) < 4.78 is 38.0. The molecule has 0 spiro atoms. The third-order valence-corrected chi connectivity index (χ3v) is 3.37. The summed E-state index contributed by atoms with van der Waals surface area (Å²) in [4.78, 5) is 3.67. The lowest BCUT2D eigenvalue weighted by Gasteiger charge is -2.17. The summed E-state index contributed by atoms with van der Waals surface area (Å²) in [6, 6.07) is 2.31. The van der Waals surface area contributed by atoms with E-state index in [1.807, 2.05) is 0 Å². The molecule has 0 aliphatic heterocycles. The summed E-state index contributed by atoms with van der Waals surface area (Å²) in [7, 11) is 0. The van der Waals surface area contributed by atoms with Crippen molar-refractivity contribution >= 4 is 23.0 Å². The normalized spacial score (nSPS) is 16.6. The average Bonchev–Trinajstić information content (AvgIpc) is 2.80. The number of hydrogen-bond donors (Lipinski definition) is 2. The van der Waals surface area contributed by atoms with Gasteiger partial charge in [-0.1, -0.05) is 25.1 Å². The number of hydrogen-bond acceptors (Lipinski definition) is 3. The smallest absolute Gasteiger partial charge is 0.389 e. The van der Waals surface area contributed by atoms with Gasteiger partial charge in [0.25, 0.3) is 0 Å². The van der Waals surface area contributed by atoms with Gasteiger partial charge in [-0.2, -0.15) is 13.2 Å². The topological polar surface area (TPSA) is 50.9 Å². The van der Waals surface area contributed by atoms with E-state index >= 15 is 0 Å². The molecule has 19 heavy (non-hydrogen) atoms. The van der Waals surface area contributed by atoms with Gasteiger partial charge in [0.05, 0.1) is 5.56 Å². The van der Waals surface area contributed by atoms with E-state index in [-0.39, 0.29) is 16.8 Å². The van der Waals surface area contributed by atoms with E-state index in [9.17, 15) is 13.2 Å². The van der Waals surface area contributed by atoms with Crippen molar-refractivity contribution in [2.24, 2.45) is 5.73 Å². The van der Waals surface area contributed by atoms with E-state index in [0.717, 1.165) is 31.7 Å². The monoisotopic (exact) mass is 289 g/mol. The van der Waals surface area contributed by atoms with Crippen molar-refractivity contribution < 1.29 is 13.2 Å². The van der Waals surface area contributed by atoms with Crippen LogP contribution in [-0.4, -0.2) is 16.0 Å². The number of thiocarbonyl (C=S) groups is 1. The SMILES string of the molecule is NC(=S)c1ccc(C(F)(F)F)nc1NC1CCCC1. The van der Waals surface area contributed by atoms with E-state index < -0.39 is 11.9 Å². The van der Waals surface area contributed by atoms with Crippen molar-refractivity contribution in [3.63, 3.8) is 0 Å². The first kappa shape index (κ1) is 14.0. The first-order chi connectivity index (χ1) is 8.88. The second-order valence-electron chi connectivity index (χ2n) is 4.58. The molecule has 1 fully saturated rings. The van der Waals surface area contributed by atoms with Gasteiger partial charge in [-0.15, -0.1) is 0 Å². The highest BCUT2D eigenvalue weighted by atomic mass is 32.1. The van der Waals surface area contributed by atoms with Crippen LogP contribution in [-0.2, 0) is 6.18 Å². The number of halogens is 3. The van der Waals surface area contributed by atoms with E-state index in [2.05, 4.69) is 10.3 Å². The number of nitrogens with two attached hydrogens (primary N) is 1. The van der Waals surface area contributed by atoms with Crippen molar-refractivity contribution in [3.05, 3.63) is 23.4 Å². The Morgan fingerprint density at radius 3 is 2.47 bits per heavy atom. The fourth-order valence-electron chi connectivity index (χ4n) is 2.19. The third-order valence-electron chi connectivity index (χ3n) is 3.15. The molecule has 7 heteroatoms. The van der Waals surface area contributed by atoms with Crippen molar-refractivity contribution in [2.45, 2.75) is 37.9 Å². The molecule has 3 N–H and O–H groups in total. The molecule has 0 amide bonds. The van der Waals surface area contributed by atoms with Crippen LogP contribution in [0.4, 0.5) is 19.0 Å². The molecular formula is C12H14F3N3S. The third kappa shape index (κ3) is 3.34. The highest BCUT2D eigenvalue weighted by Crippen LogP contribution is 2.30. The molecule has 3 nitrogen and oxygen atoms in total. The summed E-state index contributed by atoms with van der Waals surface area (Å²) in [5.74, 6) is 0.134. The molecular weight excluding hydrogens is 275 g/mol. The lowest BCUT2D eigenvalue weighted by atomic mass is 10.2. The first-order valence-corrected chi connectivity index (χ1v) is 6.43. The van der Waals surface area contributed by atoms with Crippen molar-refractivity contribution in [1.82, 2.24) is 4.98 Å². The van der Waals surface area contributed by atoms with Gasteiger partial charge in [0.15, 0.2) is 0 Å². The van der Waals surface area contributed by atoms with Gasteiger partial charge in [0, 0.05) is 6.04 Å².